The summed E-state index contributed by atoms with van der Waals surface area (Å²) in [5.74, 6) is 2.45. The second-order valence-electron chi connectivity index (χ2n) is 10.4. The maximum atomic E-state index is 6.11. The van der Waals surface area contributed by atoms with Crippen molar-refractivity contribution in [2.75, 3.05) is 55.9 Å². The molecule has 248 valence electrons. The minimum Gasteiger partial charge on any atom is -0.478 e. The van der Waals surface area contributed by atoms with Crippen LogP contribution < -0.4 is 29.7 Å². The highest BCUT2D eigenvalue weighted by molar-refractivity contribution is 7.80. The lowest BCUT2D eigenvalue weighted by Gasteiger charge is -2.37. The smallest absolute Gasteiger partial charge is 0.268 e. The Morgan fingerprint density at radius 3 is 1.70 bits per heavy atom. The number of para-hydroxylation sites is 1. The van der Waals surface area contributed by atoms with Gasteiger partial charge in [0.25, 0.3) is 16.9 Å². The monoisotopic (exact) mass is 714 g/mol. The van der Waals surface area contributed by atoms with E-state index < -0.39 is 0 Å². The summed E-state index contributed by atoms with van der Waals surface area (Å²) >= 11 is 22.9. The van der Waals surface area contributed by atoms with E-state index in [2.05, 4.69) is 40.4 Å². The number of rotatable bonds is 6. The van der Waals surface area contributed by atoms with E-state index in [1.54, 1.807) is 13.2 Å². The van der Waals surface area contributed by atoms with Crippen LogP contribution in [0.3, 0.4) is 0 Å². The topological polar surface area (TPSA) is 110 Å². The maximum Gasteiger partial charge on any atom is 0.268 e. The second-order valence-corrected chi connectivity index (χ2v) is 12.0. The number of thiocarbonyl (C=S) groups is 2. The van der Waals surface area contributed by atoms with Crippen LogP contribution in [-0.4, -0.2) is 75.5 Å². The highest BCUT2D eigenvalue weighted by Crippen LogP contribution is 2.27. The van der Waals surface area contributed by atoms with Gasteiger partial charge in [0.1, 0.15) is 5.75 Å². The summed E-state index contributed by atoms with van der Waals surface area (Å²) in [4.78, 5) is 21.9. The molecule has 2 aromatic heterocycles. The SMILES string of the molecule is COc1nc(C)c(C)nc1NC(=S)N1CCN(c2cc(Cl)cc(Cl)c2)CC1.COc1nc(C)c(C)nc1NC(=S)Oc1ccccc1. The van der Waals surface area contributed by atoms with Crippen LogP contribution in [0, 0.1) is 27.7 Å². The number of ether oxygens (including phenoxy) is 3. The van der Waals surface area contributed by atoms with Gasteiger partial charge in [-0.15, -0.1) is 0 Å². The summed E-state index contributed by atoms with van der Waals surface area (Å²) in [7, 11) is 3.10. The van der Waals surface area contributed by atoms with Crippen LogP contribution >= 0.6 is 47.6 Å². The fourth-order valence-electron chi connectivity index (χ4n) is 4.40. The zero-order valence-corrected chi connectivity index (χ0v) is 30.1. The molecule has 15 heteroatoms. The van der Waals surface area contributed by atoms with Crippen molar-refractivity contribution in [2.45, 2.75) is 27.7 Å². The Balaban J connectivity index is 0.000000223. The largest absolute Gasteiger partial charge is 0.478 e. The molecule has 0 unspecified atom stereocenters. The predicted octanol–water partition coefficient (Wildman–Crippen LogP) is 6.81. The van der Waals surface area contributed by atoms with Gasteiger partial charge in [0, 0.05) is 41.9 Å². The van der Waals surface area contributed by atoms with Crippen molar-refractivity contribution in [2.24, 2.45) is 0 Å². The number of halogens is 2. The molecule has 1 saturated heterocycles. The van der Waals surface area contributed by atoms with Crippen LogP contribution in [0.1, 0.15) is 22.8 Å². The number of hydrogen-bond donors (Lipinski definition) is 2. The summed E-state index contributed by atoms with van der Waals surface area (Å²) < 4.78 is 16.0. The van der Waals surface area contributed by atoms with Gasteiger partial charge in [0.15, 0.2) is 16.7 Å². The van der Waals surface area contributed by atoms with E-state index in [9.17, 15) is 0 Å². The first-order valence-corrected chi connectivity index (χ1v) is 16.1. The number of hydrogen-bond acceptors (Lipinski definition) is 10. The van der Waals surface area contributed by atoms with Gasteiger partial charge in [-0.3, -0.25) is 5.32 Å². The molecular formula is C32H36Cl2N8O3S2. The van der Waals surface area contributed by atoms with Crippen LogP contribution in [-0.2, 0) is 0 Å². The molecule has 2 aromatic carbocycles. The quantitative estimate of drug-likeness (QED) is 0.204. The van der Waals surface area contributed by atoms with Crippen molar-refractivity contribution in [1.29, 1.82) is 0 Å². The number of nitrogens with zero attached hydrogens (tertiary/aromatic N) is 6. The van der Waals surface area contributed by atoms with Gasteiger partial charge in [-0.2, -0.15) is 0 Å². The van der Waals surface area contributed by atoms with Crippen molar-refractivity contribution in [3.63, 3.8) is 0 Å². The van der Waals surface area contributed by atoms with E-state index in [0.717, 1.165) is 54.6 Å². The van der Waals surface area contributed by atoms with Gasteiger partial charge in [-0.05, 0) is 82.5 Å². The average molecular weight is 716 g/mol. The molecule has 4 aromatic rings. The molecule has 3 heterocycles. The van der Waals surface area contributed by atoms with Crippen LogP contribution in [0.25, 0.3) is 0 Å². The fraction of sp³-hybridized carbons (Fsp3) is 0.312. The van der Waals surface area contributed by atoms with Crippen molar-refractivity contribution < 1.29 is 14.2 Å². The second kappa shape index (κ2) is 16.7. The first kappa shape index (κ1) is 35.8. The number of piperazine rings is 1. The van der Waals surface area contributed by atoms with Crippen molar-refractivity contribution in [1.82, 2.24) is 24.8 Å². The molecule has 0 aliphatic carbocycles. The molecule has 2 N–H and O–H groups in total. The van der Waals surface area contributed by atoms with Gasteiger partial charge >= 0.3 is 0 Å². The zero-order valence-electron chi connectivity index (χ0n) is 26.9. The number of anilines is 3. The minimum absolute atomic E-state index is 0.187. The lowest BCUT2D eigenvalue weighted by Crippen LogP contribution is -2.50. The lowest BCUT2D eigenvalue weighted by atomic mass is 10.2. The molecule has 1 fully saturated rings. The molecule has 0 saturated carbocycles. The summed E-state index contributed by atoms with van der Waals surface area (Å²) in [5, 5.41) is 8.13. The van der Waals surface area contributed by atoms with E-state index >= 15 is 0 Å². The maximum absolute atomic E-state index is 6.11. The summed E-state index contributed by atoms with van der Waals surface area (Å²) in [6.07, 6.45) is 0. The Labute approximate surface area is 295 Å². The average Bonchev–Trinajstić information content (AvgIpc) is 3.04. The fourth-order valence-corrected chi connectivity index (χ4v) is 5.39. The van der Waals surface area contributed by atoms with E-state index in [0.29, 0.717) is 44.3 Å². The van der Waals surface area contributed by atoms with E-state index in [4.69, 9.17) is 61.8 Å². The van der Waals surface area contributed by atoms with E-state index in [-0.39, 0.29) is 5.17 Å². The molecule has 5 rings (SSSR count). The molecular weight excluding hydrogens is 679 g/mol. The van der Waals surface area contributed by atoms with Gasteiger partial charge in [0.2, 0.25) is 0 Å². The van der Waals surface area contributed by atoms with E-state index in [1.165, 1.54) is 7.11 Å². The zero-order chi connectivity index (χ0) is 34.1. The lowest BCUT2D eigenvalue weighted by molar-refractivity contribution is 0.387. The summed E-state index contributed by atoms with van der Waals surface area (Å²) in [5.41, 5.74) is 4.30. The third-order valence-corrected chi connectivity index (χ3v) is 8.10. The van der Waals surface area contributed by atoms with Gasteiger partial charge < -0.3 is 29.3 Å². The Morgan fingerprint density at radius 1 is 0.702 bits per heavy atom. The number of benzene rings is 2. The first-order valence-electron chi connectivity index (χ1n) is 14.6. The number of nitrogens with one attached hydrogen (secondary N) is 2. The van der Waals surface area contributed by atoms with Crippen LogP contribution in [0.4, 0.5) is 17.3 Å². The molecule has 11 nitrogen and oxygen atoms in total. The molecule has 0 spiro atoms. The third kappa shape index (κ3) is 9.97. The van der Waals surface area contributed by atoms with E-state index in [1.807, 2.05) is 70.2 Å². The summed E-state index contributed by atoms with van der Waals surface area (Å²) in [6.45, 7) is 10.7. The van der Waals surface area contributed by atoms with Crippen LogP contribution in [0.2, 0.25) is 10.0 Å². The molecule has 0 atom stereocenters. The third-order valence-electron chi connectivity index (χ3n) is 7.12. The van der Waals surface area contributed by atoms with Gasteiger partial charge in [-0.1, -0.05) is 41.4 Å². The van der Waals surface area contributed by atoms with Crippen molar-refractivity contribution >= 4 is 75.2 Å². The Hall–Kier alpha value is -4.04. The molecule has 0 bridgehead atoms. The van der Waals surface area contributed by atoms with Gasteiger partial charge in [-0.25, -0.2) is 19.9 Å². The molecule has 0 amide bonds. The standard InChI is InChI=1S/C18H21Cl2N5OS.C14H15N3O2S/c1-11-12(2)22-17(26-3)16(21-11)23-18(27)25-6-4-24(5-7-25)15-9-13(19)8-14(20)10-15;1-9-10(2)16-13(18-3)12(15-9)17-14(20)19-11-7-5-4-6-8-11/h8-10H,4-7H2,1-3H3,(H,21,23,27);4-8H,1-3H3,(H,15,17,20). The highest BCUT2D eigenvalue weighted by Gasteiger charge is 2.21. The summed E-state index contributed by atoms with van der Waals surface area (Å²) in [6, 6.07) is 14.9. The highest BCUT2D eigenvalue weighted by atomic mass is 35.5. The van der Waals surface area contributed by atoms with Gasteiger partial charge in [0.05, 0.1) is 37.0 Å². The normalized spacial score (nSPS) is 12.4. The van der Waals surface area contributed by atoms with Crippen molar-refractivity contribution in [3.05, 3.63) is 81.4 Å². The molecule has 47 heavy (non-hydrogen) atoms. The minimum atomic E-state index is 0.187. The van der Waals surface area contributed by atoms with Crippen LogP contribution in [0.5, 0.6) is 17.5 Å². The molecule has 0 radical (unpaired) electrons. The Morgan fingerprint density at radius 2 is 1.19 bits per heavy atom. The Bertz CT molecular complexity index is 1700. The number of aryl methyl sites for hydroxylation is 4. The van der Waals surface area contributed by atoms with Crippen molar-refractivity contribution in [3.8, 4) is 17.5 Å². The molecule has 1 aliphatic rings. The Kier molecular flexibility index (Phi) is 12.7. The molecule has 1 aliphatic heterocycles. The van der Waals surface area contributed by atoms with Crippen LogP contribution in [0.15, 0.2) is 48.5 Å². The first-order chi connectivity index (χ1) is 22.5. The number of aromatic nitrogens is 4. The number of methoxy groups -OCH3 is 2. The predicted molar refractivity (Wildman–Crippen MR) is 196 cm³/mol.